The quantitative estimate of drug-likeness (QED) is 0.215. The second kappa shape index (κ2) is 17.3. The highest BCUT2D eigenvalue weighted by Gasteiger charge is 2.24. The molecule has 0 saturated carbocycles. The van der Waals surface area contributed by atoms with Gasteiger partial charge in [0.1, 0.15) is 0 Å². The van der Waals surface area contributed by atoms with E-state index in [1.165, 1.54) is 19.3 Å². The van der Waals surface area contributed by atoms with Crippen LogP contribution >= 0.6 is 7.82 Å². The van der Waals surface area contributed by atoms with Gasteiger partial charge in [-0.05, 0) is 12.8 Å². The van der Waals surface area contributed by atoms with Crippen LogP contribution in [0, 0.1) is 5.41 Å². The zero-order valence-corrected chi connectivity index (χ0v) is 15.4. The normalized spacial score (nSPS) is 11.0. The van der Waals surface area contributed by atoms with E-state index in [1.807, 2.05) is 6.92 Å². The summed E-state index contributed by atoms with van der Waals surface area (Å²) >= 11 is 0. The van der Waals surface area contributed by atoms with Crippen molar-refractivity contribution in [3.63, 3.8) is 0 Å². The van der Waals surface area contributed by atoms with Gasteiger partial charge in [0.25, 0.3) is 0 Å². The summed E-state index contributed by atoms with van der Waals surface area (Å²) in [6.45, 7) is 3.50. The molecule has 148 valence electrons. The Balaban J connectivity index is -0.000000291. The standard InChI is InChI=1S/C8H16O2.C6H14O3.H3O4P/c1-2-3-4-5-6-7-8(9)10;1-2-6(3-7,4-8)5-9;1-5(2,3)4/h2-7H2,1H3,(H,9,10);7-9H,2-5H2,1H3;(H3,1,2,3,4). The second-order valence-corrected chi connectivity index (χ2v) is 6.43. The molecule has 10 heteroatoms. The summed E-state index contributed by atoms with van der Waals surface area (Å²) in [5.41, 5.74) is -0.667. The fourth-order valence-corrected chi connectivity index (χ4v) is 1.37. The molecule has 0 aromatic rings. The number of aliphatic carboxylic acids is 1. The van der Waals surface area contributed by atoms with Crippen molar-refractivity contribution in [1.82, 2.24) is 0 Å². The Labute approximate surface area is 143 Å². The van der Waals surface area contributed by atoms with E-state index in [0.717, 1.165) is 12.8 Å². The van der Waals surface area contributed by atoms with E-state index in [0.29, 0.717) is 12.8 Å². The lowest BCUT2D eigenvalue weighted by Crippen LogP contribution is -2.32. The van der Waals surface area contributed by atoms with Gasteiger partial charge in [-0.1, -0.05) is 39.5 Å². The Morgan fingerprint density at radius 3 is 1.46 bits per heavy atom. The van der Waals surface area contributed by atoms with E-state index in [2.05, 4.69) is 6.92 Å². The molecule has 0 aromatic carbocycles. The summed E-state index contributed by atoms with van der Waals surface area (Å²) in [5.74, 6) is -0.670. The molecule has 0 rings (SSSR count). The Kier molecular flexibility index (Phi) is 20.4. The van der Waals surface area contributed by atoms with Gasteiger partial charge in [0, 0.05) is 11.8 Å². The van der Waals surface area contributed by atoms with Gasteiger partial charge in [0.2, 0.25) is 0 Å². The van der Waals surface area contributed by atoms with Gasteiger partial charge in [-0.3, -0.25) is 4.79 Å². The van der Waals surface area contributed by atoms with Gasteiger partial charge < -0.3 is 35.1 Å². The number of carbonyl (C=O) groups is 1. The van der Waals surface area contributed by atoms with Crippen molar-refractivity contribution in [3.05, 3.63) is 0 Å². The first kappa shape index (κ1) is 28.3. The van der Waals surface area contributed by atoms with Gasteiger partial charge >= 0.3 is 13.8 Å². The molecule has 0 heterocycles. The Morgan fingerprint density at radius 1 is 0.875 bits per heavy atom. The molecule has 0 radical (unpaired) electrons. The van der Waals surface area contributed by atoms with Crippen LogP contribution in [0.5, 0.6) is 0 Å². The lowest BCUT2D eigenvalue weighted by atomic mass is 9.88. The van der Waals surface area contributed by atoms with E-state index in [4.69, 9.17) is 39.7 Å². The van der Waals surface area contributed by atoms with Gasteiger partial charge in [-0.2, -0.15) is 0 Å². The fourth-order valence-electron chi connectivity index (χ4n) is 1.37. The van der Waals surface area contributed by atoms with E-state index < -0.39 is 19.2 Å². The van der Waals surface area contributed by atoms with Crippen LogP contribution in [0.15, 0.2) is 0 Å². The van der Waals surface area contributed by atoms with Crippen molar-refractivity contribution in [2.24, 2.45) is 5.41 Å². The summed E-state index contributed by atoms with van der Waals surface area (Å²) in [7, 11) is -4.64. The number of phosphoric acid groups is 1. The third kappa shape index (κ3) is 26.4. The average Bonchev–Trinajstić information content (AvgIpc) is 2.49. The number of unbranched alkanes of at least 4 members (excludes halogenated alkanes) is 4. The minimum absolute atomic E-state index is 0.156. The SMILES string of the molecule is CCC(CO)(CO)CO.CCCCCCCC(=O)O.O=P(O)(O)O. The minimum Gasteiger partial charge on any atom is -0.481 e. The predicted octanol–water partition coefficient (Wildman–Crippen LogP) is 0.863. The molecule has 0 spiro atoms. The van der Waals surface area contributed by atoms with E-state index in [-0.39, 0.29) is 19.8 Å². The molecule has 24 heavy (non-hydrogen) atoms. The molecular weight excluding hydrogens is 343 g/mol. The number of rotatable bonds is 10. The summed E-state index contributed by atoms with van der Waals surface area (Å²) < 4.78 is 8.88. The zero-order chi connectivity index (χ0) is 19.6. The predicted molar refractivity (Wildman–Crippen MR) is 89.3 cm³/mol. The smallest absolute Gasteiger partial charge is 0.466 e. The third-order valence-corrected chi connectivity index (χ3v) is 3.25. The number of carboxylic acids is 1. The molecule has 0 atom stereocenters. The Hall–Kier alpha value is -0.540. The number of hydrogen-bond acceptors (Lipinski definition) is 5. The molecule has 0 aliphatic rings. The maximum atomic E-state index is 10.0. The number of aliphatic hydroxyl groups excluding tert-OH is 3. The summed E-state index contributed by atoms with van der Waals surface area (Å²) in [4.78, 5) is 31.6. The Bertz CT molecular complexity index is 300. The topological polar surface area (TPSA) is 176 Å². The summed E-state index contributed by atoms with van der Waals surface area (Å²) in [6, 6.07) is 0. The maximum absolute atomic E-state index is 10.0. The van der Waals surface area contributed by atoms with Crippen molar-refractivity contribution in [2.75, 3.05) is 19.8 Å². The van der Waals surface area contributed by atoms with Crippen LogP contribution in [0.3, 0.4) is 0 Å². The fraction of sp³-hybridized carbons (Fsp3) is 0.929. The zero-order valence-electron chi connectivity index (χ0n) is 14.5. The maximum Gasteiger partial charge on any atom is 0.466 e. The number of carboxylic acid groups (broad SMARTS) is 1. The monoisotopic (exact) mass is 376 g/mol. The lowest BCUT2D eigenvalue weighted by molar-refractivity contribution is -0.137. The van der Waals surface area contributed by atoms with Gasteiger partial charge in [-0.15, -0.1) is 0 Å². The Morgan fingerprint density at radius 2 is 1.25 bits per heavy atom. The summed E-state index contributed by atoms with van der Waals surface area (Å²) in [5, 5.41) is 34.2. The highest BCUT2D eigenvalue weighted by Crippen LogP contribution is 2.25. The number of hydrogen-bond donors (Lipinski definition) is 7. The minimum atomic E-state index is -4.64. The average molecular weight is 376 g/mol. The van der Waals surface area contributed by atoms with Crippen molar-refractivity contribution in [2.45, 2.75) is 58.8 Å². The molecule has 0 amide bonds. The highest BCUT2D eigenvalue weighted by molar-refractivity contribution is 7.45. The third-order valence-electron chi connectivity index (χ3n) is 3.25. The van der Waals surface area contributed by atoms with Crippen molar-refractivity contribution >= 4 is 13.8 Å². The van der Waals surface area contributed by atoms with Crippen LogP contribution in [-0.4, -0.2) is 60.9 Å². The largest absolute Gasteiger partial charge is 0.481 e. The second-order valence-electron chi connectivity index (χ2n) is 5.40. The molecular formula is C14H33O9P. The molecule has 0 saturated heterocycles. The molecule has 9 nitrogen and oxygen atoms in total. The van der Waals surface area contributed by atoms with Crippen LogP contribution in [-0.2, 0) is 9.36 Å². The molecule has 0 fully saturated rings. The van der Waals surface area contributed by atoms with Crippen LogP contribution in [0.1, 0.15) is 58.8 Å². The number of aliphatic hydroxyl groups is 3. The molecule has 0 aliphatic heterocycles. The van der Waals surface area contributed by atoms with Crippen molar-refractivity contribution in [3.8, 4) is 0 Å². The highest BCUT2D eigenvalue weighted by atomic mass is 31.2. The summed E-state index contributed by atoms with van der Waals surface area (Å²) in [6.07, 6.45) is 6.48. The van der Waals surface area contributed by atoms with Crippen LogP contribution in [0.2, 0.25) is 0 Å². The van der Waals surface area contributed by atoms with Gasteiger partial charge in [0.05, 0.1) is 19.8 Å². The first-order chi connectivity index (χ1) is 11.0. The van der Waals surface area contributed by atoms with Crippen LogP contribution in [0.4, 0.5) is 0 Å². The van der Waals surface area contributed by atoms with Crippen LogP contribution < -0.4 is 0 Å². The van der Waals surface area contributed by atoms with Crippen LogP contribution in [0.25, 0.3) is 0 Å². The van der Waals surface area contributed by atoms with E-state index in [1.54, 1.807) is 0 Å². The molecule has 0 aromatic heterocycles. The molecule has 0 bridgehead atoms. The van der Waals surface area contributed by atoms with E-state index >= 15 is 0 Å². The molecule has 7 N–H and O–H groups in total. The first-order valence-corrected chi connectivity index (χ1v) is 9.41. The first-order valence-electron chi connectivity index (χ1n) is 7.84. The molecule has 0 unspecified atom stereocenters. The van der Waals surface area contributed by atoms with Gasteiger partial charge in [0.15, 0.2) is 0 Å². The van der Waals surface area contributed by atoms with Crippen molar-refractivity contribution in [1.29, 1.82) is 0 Å². The molecule has 0 aliphatic carbocycles. The van der Waals surface area contributed by atoms with Gasteiger partial charge in [-0.25, -0.2) is 4.57 Å². The lowest BCUT2D eigenvalue weighted by Gasteiger charge is -2.24. The van der Waals surface area contributed by atoms with E-state index in [9.17, 15) is 4.79 Å². The van der Waals surface area contributed by atoms with Crippen molar-refractivity contribution < 1.29 is 44.5 Å².